The molecule has 0 unspecified atom stereocenters. The van der Waals surface area contributed by atoms with Crippen molar-refractivity contribution in [1.29, 1.82) is 0 Å². The van der Waals surface area contributed by atoms with Crippen LogP contribution in [0.1, 0.15) is 11.7 Å². The van der Waals surface area contributed by atoms with Crippen molar-refractivity contribution in [3.63, 3.8) is 0 Å². The molecule has 1 aromatic heterocycles. The third-order valence-electron chi connectivity index (χ3n) is 3.94. The molecule has 28 heavy (non-hydrogen) atoms. The van der Waals surface area contributed by atoms with Gasteiger partial charge in [0.1, 0.15) is 11.6 Å². The number of carbonyl (C=O) groups is 2. The smallest absolute Gasteiger partial charge is 0.313 e. The molecule has 0 aliphatic heterocycles. The Balaban J connectivity index is 1.53. The van der Waals surface area contributed by atoms with Gasteiger partial charge in [-0.2, -0.15) is 0 Å². The molecular formula is C20H16ClFN2O4. The van der Waals surface area contributed by atoms with Crippen molar-refractivity contribution in [2.24, 2.45) is 0 Å². The number of aliphatic hydroxyl groups excluding tert-OH is 1. The van der Waals surface area contributed by atoms with Crippen LogP contribution in [0.2, 0.25) is 5.02 Å². The summed E-state index contributed by atoms with van der Waals surface area (Å²) in [5.41, 5.74) is 1.60. The van der Waals surface area contributed by atoms with Crippen LogP contribution in [0.5, 0.6) is 0 Å². The zero-order valence-corrected chi connectivity index (χ0v) is 15.2. The molecule has 3 rings (SSSR count). The molecule has 0 bridgehead atoms. The second-order valence-corrected chi connectivity index (χ2v) is 6.32. The van der Waals surface area contributed by atoms with E-state index in [9.17, 15) is 19.1 Å². The number of benzene rings is 2. The molecule has 1 atom stereocenters. The van der Waals surface area contributed by atoms with Gasteiger partial charge in [-0.25, -0.2) is 4.39 Å². The van der Waals surface area contributed by atoms with Crippen LogP contribution >= 0.6 is 11.6 Å². The Hall–Kier alpha value is -3.16. The van der Waals surface area contributed by atoms with Gasteiger partial charge in [-0.3, -0.25) is 9.59 Å². The van der Waals surface area contributed by atoms with Crippen molar-refractivity contribution < 1.29 is 23.5 Å². The van der Waals surface area contributed by atoms with Crippen LogP contribution in [0.25, 0.3) is 11.3 Å². The largest absolute Gasteiger partial charge is 0.464 e. The van der Waals surface area contributed by atoms with Crippen LogP contribution in [0, 0.1) is 5.82 Å². The summed E-state index contributed by atoms with van der Waals surface area (Å²) >= 11 is 5.63. The summed E-state index contributed by atoms with van der Waals surface area (Å²) in [6.45, 7) is -0.156. The van der Waals surface area contributed by atoms with Crippen molar-refractivity contribution in [2.75, 3.05) is 11.9 Å². The maximum absolute atomic E-state index is 13.1. The number of rotatable bonds is 5. The van der Waals surface area contributed by atoms with Crippen LogP contribution in [-0.4, -0.2) is 23.5 Å². The first-order valence-corrected chi connectivity index (χ1v) is 8.68. The van der Waals surface area contributed by atoms with Crippen LogP contribution in [0.4, 0.5) is 10.1 Å². The highest BCUT2D eigenvalue weighted by molar-refractivity contribution is 6.39. The number of carbonyl (C=O) groups excluding carboxylic acids is 2. The molecule has 2 aromatic carbocycles. The van der Waals surface area contributed by atoms with E-state index in [0.717, 1.165) is 11.6 Å². The summed E-state index contributed by atoms with van der Waals surface area (Å²) in [6, 6.07) is 14.1. The van der Waals surface area contributed by atoms with Crippen LogP contribution in [0.3, 0.4) is 0 Å². The Labute approximate surface area is 164 Å². The number of furan rings is 1. The summed E-state index contributed by atoms with van der Waals surface area (Å²) in [4.78, 5) is 23.8. The number of aliphatic hydroxyl groups is 1. The van der Waals surface area contributed by atoms with Gasteiger partial charge in [-0.05, 0) is 35.9 Å². The van der Waals surface area contributed by atoms with Gasteiger partial charge in [0.15, 0.2) is 0 Å². The summed E-state index contributed by atoms with van der Waals surface area (Å²) in [5, 5.41) is 14.7. The molecule has 0 aliphatic rings. The van der Waals surface area contributed by atoms with E-state index in [0.29, 0.717) is 11.3 Å². The second kappa shape index (κ2) is 8.69. The Morgan fingerprint density at radius 2 is 1.86 bits per heavy atom. The standard InChI is InChI=1S/C20H16ClFN2O4/c21-15-10-14(7-8-16(15)22)24-20(27)19(26)23-11-17(25)12-3-5-13(6-4-12)18-2-1-9-28-18/h1-10,17,25H,11H2,(H,23,26)(H,24,27)/t17-/m0/s1. The number of halogens is 2. The van der Waals surface area contributed by atoms with E-state index in [1.54, 1.807) is 36.6 Å². The van der Waals surface area contributed by atoms with E-state index < -0.39 is 23.7 Å². The third kappa shape index (κ3) is 4.76. The maximum Gasteiger partial charge on any atom is 0.313 e. The number of hydrogen-bond donors (Lipinski definition) is 3. The van der Waals surface area contributed by atoms with Gasteiger partial charge >= 0.3 is 11.8 Å². The normalized spacial score (nSPS) is 11.7. The highest BCUT2D eigenvalue weighted by atomic mass is 35.5. The lowest BCUT2D eigenvalue weighted by atomic mass is 10.1. The fraction of sp³-hybridized carbons (Fsp3) is 0.100. The van der Waals surface area contributed by atoms with E-state index in [2.05, 4.69) is 10.6 Å². The molecule has 144 valence electrons. The quantitative estimate of drug-likeness (QED) is 0.569. The molecule has 3 N–H and O–H groups in total. The summed E-state index contributed by atoms with van der Waals surface area (Å²) in [6.07, 6.45) is 0.570. The Morgan fingerprint density at radius 3 is 2.50 bits per heavy atom. The van der Waals surface area contributed by atoms with Crippen molar-refractivity contribution in [1.82, 2.24) is 5.32 Å². The first-order chi connectivity index (χ1) is 13.4. The van der Waals surface area contributed by atoms with Crippen molar-refractivity contribution in [2.45, 2.75) is 6.10 Å². The average molecular weight is 403 g/mol. The fourth-order valence-electron chi connectivity index (χ4n) is 2.46. The number of nitrogens with one attached hydrogen (secondary N) is 2. The fourth-order valence-corrected chi connectivity index (χ4v) is 2.64. The monoisotopic (exact) mass is 402 g/mol. The van der Waals surface area contributed by atoms with Crippen molar-refractivity contribution in [3.8, 4) is 11.3 Å². The molecule has 6 nitrogen and oxygen atoms in total. The maximum atomic E-state index is 13.1. The van der Waals surface area contributed by atoms with E-state index in [-0.39, 0.29) is 17.3 Å². The van der Waals surface area contributed by atoms with Crippen molar-refractivity contribution >= 4 is 29.1 Å². The average Bonchev–Trinajstić information content (AvgIpc) is 3.23. The second-order valence-electron chi connectivity index (χ2n) is 5.91. The molecule has 0 radical (unpaired) electrons. The summed E-state index contributed by atoms with van der Waals surface area (Å²) in [5.74, 6) is -1.83. The van der Waals surface area contributed by atoms with Crippen LogP contribution < -0.4 is 10.6 Å². The zero-order valence-electron chi connectivity index (χ0n) is 14.5. The Bertz CT molecular complexity index is 974. The lowest BCUT2D eigenvalue weighted by Crippen LogP contribution is -2.37. The summed E-state index contributed by atoms with van der Waals surface area (Å²) in [7, 11) is 0. The van der Waals surface area contributed by atoms with E-state index in [1.165, 1.54) is 12.1 Å². The minimum absolute atomic E-state index is 0.156. The molecule has 0 saturated heterocycles. The van der Waals surface area contributed by atoms with E-state index >= 15 is 0 Å². The molecule has 3 aromatic rings. The Morgan fingerprint density at radius 1 is 1.11 bits per heavy atom. The number of hydrogen-bond acceptors (Lipinski definition) is 4. The first kappa shape index (κ1) is 19.6. The van der Waals surface area contributed by atoms with Gasteiger partial charge in [0.05, 0.1) is 17.4 Å². The lowest BCUT2D eigenvalue weighted by molar-refractivity contribution is -0.136. The van der Waals surface area contributed by atoms with Gasteiger partial charge < -0.3 is 20.2 Å². The van der Waals surface area contributed by atoms with Crippen LogP contribution in [-0.2, 0) is 9.59 Å². The molecule has 8 heteroatoms. The molecule has 2 amide bonds. The minimum Gasteiger partial charge on any atom is -0.464 e. The number of anilines is 1. The molecule has 0 saturated carbocycles. The SMILES string of the molecule is O=C(NC[C@H](O)c1ccc(-c2ccco2)cc1)C(=O)Nc1ccc(F)c(Cl)c1. The summed E-state index contributed by atoms with van der Waals surface area (Å²) < 4.78 is 18.4. The predicted octanol–water partition coefficient (Wildman–Crippen LogP) is 3.53. The highest BCUT2D eigenvalue weighted by Gasteiger charge is 2.16. The molecular weight excluding hydrogens is 387 g/mol. The molecule has 0 aliphatic carbocycles. The minimum atomic E-state index is -0.998. The van der Waals surface area contributed by atoms with Gasteiger partial charge in [-0.1, -0.05) is 35.9 Å². The lowest BCUT2D eigenvalue weighted by Gasteiger charge is -2.13. The van der Waals surface area contributed by atoms with Crippen molar-refractivity contribution in [3.05, 3.63) is 77.3 Å². The molecule has 0 spiro atoms. The molecule has 0 fully saturated rings. The number of amides is 2. The zero-order chi connectivity index (χ0) is 20.1. The third-order valence-corrected chi connectivity index (χ3v) is 4.23. The topological polar surface area (TPSA) is 91.6 Å². The van der Waals surface area contributed by atoms with Gasteiger partial charge in [0.25, 0.3) is 0 Å². The van der Waals surface area contributed by atoms with Crippen LogP contribution in [0.15, 0.2) is 65.3 Å². The Kier molecular flexibility index (Phi) is 6.08. The van der Waals surface area contributed by atoms with Gasteiger partial charge in [0.2, 0.25) is 0 Å². The van der Waals surface area contributed by atoms with Gasteiger partial charge in [-0.15, -0.1) is 0 Å². The van der Waals surface area contributed by atoms with E-state index in [4.69, 9.17) is 16.0 Å². The molecule has 1 heterocycles. The first-order valence-electron chi connectivity index (χ1n) is 8.30. The predicted molar refractivity (Wildman–Crippen MR) is 102 cm³/mol. The van der Waals surface area contributed by atoms with E-state index in [1.807, 2.05) is 6.07 Å². The van der Waals surface area contributed by atoms with Gasteiger partial charge in [0, 0.05) is 17.8 Å². The highest BCUT2D eigenvalue weighted by Crippen LogP contribution is 2.22.